The summed E-state index contributed by atoms with van der Waals surface area (Å²) in [5.74, 6) is -4.96. The number of nitrogens with one attached hydrogen (secondary N) is 2. The highest BCUT2D eigenvalue weighted by Gasteiger charge is 2.21. The molecule has 0 aliphatic carbocycles. The lowest BCUT2D eigenvalue weighted by Gasteiger charge is -2.07. The Bertz CT molecular complexity index is 706. The molecule has 10 heteroatoms. The van der Waals surface area contributed by atoms with Crippen LogP contribution in [0, 0.1) is 17.5 Å². The number of hydrogen-bond donors (Lipinski definition) is 3. The van der Waals surface area contributed by atoms with Crippen LogP contribution in [-0.2, 0) is 10.0 Å². The highest BCUT2D eigenvalue weighted by Crippen LogP contribution is 2.22. The largest absolute Gasteiger partial charge is 0.383 e. The number of anilines is 2. The Labute approximate surface area is 105 Å². The van der Waals surface area contributed by atoms with Crippen LogP contribution in [0.15, 0.2) is 23.2 Å². The molecule has 1 heterocycles. The van der Waals surface area contributed by atoms with E-state index >= 15 is 0 Å². The second kappa shape index (κ2) is 4.46. The van der Waals surface area contributed by atoms with Crippen molar-refractivity contribution in [3.05, 3.63) is 35.8 Å². The minimum absolute atomic E-state index is 0.240. The zero-order chi connectivity index (χ0) is 14.2. The van der Waals surface area contributed by atoms with E-state index < -0.39 is 38.1 Å². The predicted octanol–water partition coefficient (Wildman–Crippen LogP) is 1.21. The highest BCUT2D eigenvalue weighted by atomic mass is 32.2. The average Bonchev–Trinajstić information content (AvgIpc) is 2.72. The van der Waals surface area contributed by atoms with Gasteiger partial charge in [-0.2, -0.15) is 5.10 Å². The maximum atomic E-state index is 12.9. The summed E-state index contributed by atoms with van der Waals surface area (Å²) < 4.78 is 64.1. The molecule has 6 nitrogen and oxygen atoms in total. The lowest BCUT2D eigenvalue weighted by Crippen LogP contribution is -2.14. The SMILES string of the molecule is Nc1[nH]ncc1S(=O)(=O)Nc1cc(F)c(F)c(F)c1. The molecule has 0 saturated heterocycles. The molecule has 0 aliphatic heterocycles. The summed E-state index contributed by atoms with van der Waals surface area (Å²) in [6.45, 7) is 0. The lowest BCUT2D eigenvalue weighted by molar-refractivity contribution is 0.448. The smallest absolute Gasteiger partial charge is 0.267 e. The molecule has 4 N–H and O–H groups in total. The van der Waals surface area contributed by atoms with Crippen LogP contribution in [0.25, 0.3) is 0 Å². The molecule has 0 saturated carbocycles. The van der Waals surface area contributed by atoms with Crippen LogP contribution in [-0.4, -0.2) is 18.6 Å². The van der Waals surface area contributed by atoms with E-state index in [9.17, 15) is 21.6 Å². The Hall–Kier alpha value is -2.23. The zero-order valence-corrected chi connectivity index (χ0v) is 9.93. The number of aromatic nitrogens is 2. The molecular formula is C9H7F3N4O2S. The monoisotopic (exact) mass is 292 g/mol. The van der Waals surface area contributed by atoms with Gasteiger partial charge in [0.25, 0.3) is 10.0 Å². The standard InChI is InChI=1S/C9H7F3N4O2S/c10-5-1-4(2-6(11)8(5)12)16-19(17,18)7-3-14-15-9(7)13/h1-3,16H,(H3,13,14,15). The minimum atomic E-state index is -4.17. The number of benzene rings is 1. The first-order chi connectivity index (χ1) is 8.81. The van der Waals surface area contributed by atoms with Gasteiger partial charge in [-0.3, -0.25) is 9.82 Å². The topological polar surface area (TPSA) is 101 Å². The van der Waals surface area contributed by atoms with E-state index in [0.29, 0.717) is 12.1 Å². The molecule has 0 amide bonds. The summed E-state index contributed by atoms with van der Waals surface area (Å²) in [6.07, 6.45) is 0.925. The summed E-state index contributed by atoms with van der Waals surface area (Å²) in [5.41, 5.74) is 4.84. The fourth-order valence-electron chi connectivity index (χ4n) is 1.32. The van der Waals surface area contributed by atoms with Gasteiger partial charge in [0.1, 0.15) is 10.7 Å². The number of nitrogens with zero attached hydrogens (tertiary/aromatic N) is 1. The quantitative estimate of drug-likeness (QED) is 0.740. The van der Waals surface area contributed by atoms with E-state index in [-0.39, 0.29) is 5.82 Å². The van der Waals surface area contributed by atoms with Gasteiger partial charge in [-0.15, -0.1) is 0 Å². The number of nitrogens with two attached hydrogens (primary N) is 1. The molecule has 19 heavy (non-hydrogen) atoms. The molecule has 2 rings (SSSR count). The van der Waals surface area contributed by atoms with Gasteiger partial charge in [-0.25, -0.2) is 21.6 Å². The summed E-state index contributed by atoms with van der Waals surface area (Å²) in [6, 6.07) is 1.01. The van der Waals surface area contributed by atoms with Gasteiger partial charge in [-0.1, -0.05) is 0 Å². The van der Waals surface area contributed by atoms with Crippen molar-refractivity contribution in [3.63, 3.8) is 0 Å². The first-order valence-corrected chi connectivity index (χ1v) is 6.26. The number of halogens is 3. The Morgan fingerprint density at radius 3 is 2.26 bits per heavy atom. The lowest BCUT2D eigenvalue weighted by atomic mass is 10.3. The van der Waals surface area contributed by atoms with Crippen molar-refractivity contribution in [1.82, 2.24) is 10.2 Å². The van der Waals surface area contributed by atoms with E-state index in [0.717, 1.165) is 6.20 Å². The van der Waals surface area contributed by atoms with Crippen LogP contribution in [0.3, 0.4) is 0 Å². The van der Waals surface area contributed by atoms with E-state index in [1.54, 1.807) is 0 Å². The normalized spacial score (nSPS) is 11.5. The van der Waals surface area contributed by atoms with E-state index in [1.807, 2.05) is 4.72 Å². The number of H-pyrrole nitrogens is 1. The van der Waals surface area contributed by atoms with Crippen molar-refractivity contribution in [2.75, 3.05) is 10.5 Å². The maximum absolute atomic E-state index is 12.9. The van der Waals surface area contributed by atoms with E-state index in [2.05, 4.69) is 10.2 Å². The second-order valence-corrected chi connectivity index (χ2v) is 5.16. The molecule has 0 atom stereocenters. The fraction of sp³-hybridized carbons (Fsp3) is 0. The van der Waals surface area contributed by atoms with Gasteiger partial charge in [-0.05, 0) is 0 Å². The third kappa shape index (κ3) is 2.47. The van der Waals surface area contributed by atoms with Crippen LogP contribution >= 0.6 is 0 Å². The van der Waals surface area contributed by atoms with Crippen molar-refractivity contribution in [1.29, 1.82) is 0 Å². The molecular weight excluding hydrogens is 285 g/mol. The summed E-state index contributed by atoms with van der Waals surface area (Å²) in [4.78, 5) is -0.391. The zero-order valence-electron chi connectivity index (χ0n) is 9.12. The van der Waals surface area contributed by atoms with Gasteiger partial charge >= 0.3 is 0 Å². The van der Waals surface area contributed by atoms with Gasteiger partial charge in [0.05, 0.1) is 11.9 Å². The van der Waals surface area contributed by atoms with E-state index in [1.165, 1.54) is 0 Å². The van der Waals surface area contributed by atoms with Crippen molar-refractivity contribution in [3.8, 4) is 0 Å². The van der Waals surface area contributed by atoms with Crippen molar-refractivity contribution in [2.45, 2.75) is 4.90 Å². The third-order valence-electron chi connectivity index (χ3n) is 2.16. The number of rotatable bonds is 3. The fourth-order valence-corrected chi connectivity index (χ4v) is 2.39. The maximum Gasteiger partial charge on any atom is 0.267 e. The molecule has 1 aromatic heterocycles. The highest BCUT2D eigenvalue weighted by molar-refractivity contribution is 7.92. The molecule has 0 unspecified atom stereocenters. The Kier molecular flexibility index (Phi) is 3.10. The molecule has 0 radical (unpaired) electrons. The van der Waals surface area contributed by atoms with Crippen LogP contribution in [0.5, 0.6) is 0 Å². The number of aromatic amines is 1. The third-order valence-corrected chi connectivity index (χ3v) is 3.57. The number of sulfonamides is 1. The van der Waals surface area contributed by atoms with Crippen LogP contribution in [0.4, 0.5) is 24.7 Å². The van der Waals surface area contributed by atoms with Crippen molar-refractivity contribution in [2.24, 2.45) is 0 Å². The van der Waals surface area contributed by atoms with Crippen molar-refractivity contribution < 1.29 is 21.6 Å². The second-order valence-electron chi connectivity index (χ2n) is 3.51. The number of hydrogen-bond acceptors (Lipinski definition) is 4. The van der Waals surface area contributed by atoms with Crippen LogP contribution in [0.1, 0.15) is 0 Å². The van der Waals surface area contributed by atoms with Crippen molar-refractivity contribution >= 4 is 21.5 Å². The molecule has 102 valence electrons. The number of nitrogen functional groups attached to an aromatic ring is 1. The predicted molar refractivity (Wildman–Crippen MR) is 60.1 cm³/mol. The summed E-state index contributed by atoms with van der Waals surface area (Å²) in [5, 5.41) is 5.59. The Balaban J connectivity index is 2.39. The molecule has 0 spiro atoms. The Morgan fingerprint density at radius 1 is 1.21 bits per heavy atom. The first kappa shape index (κ1) is 13.2. The van der Waals surface area contributed by atoms with Gasteiger partial charge in [0.15, 0.2) is 17.5 Å². The summed E-state index contributed by atoms with van der Waals surface area (Å²) >= 11 is 0. The first-order valence-electron chi connectivity index (χ1n) is 4.77. The molecule has 0 aliphatic rings. The van der Waals surface area contributed by atoms with Crippen LogP contribution < -0.4 is 10.5 Å². The molecule has 2 aromatic rings. The molecule has 0 bridgehead atoms. The molecule has 0 fully saturated rings. The van der Waals surface area contributed by atoms with Crippen LogP contribution in [0.2, 0.25) is 0 Å². The Morgan fingerprint density at radius 2 is 1.79 bits per heavy atom. The van der Waals surface area contributed by atoms with Gasteiger partial charge in [0.2, 0.25) is 0 Å². The average molecular weight is 292 g/mol. The minimum Gasteiger partial charge on any atom is -0.383 e. The van der Waals surface area contributed by atoms with Gasteiger partial charge < -0.3 is 5.73 Å². The summed E-state index contributed by atoms with van der Waals surface area (Å²) in [7, 11) is -4.17. The van der Waals surface area contributed by atoms with E-state index in [4.69, 9.17) is 5.73 Å². The molecule has 1 aromatic carbocycles. The van der Waals surface area contributed by atoms with Gasteiger partial charge in [0, 0.05) is 12.1 Å².